The van der Waals surface area contributed by atoms with Crippen LogP contribution in [0.25, 0.3) is 0 Å². The number of aliphatic imine (C=N–C) groups is 1. The van der Waals surface area contributed by atoms with Crippen molar-refractivity contribution in [2.24, 2.45) is 4.99 Å². The number of ether oxygens (including phenoxy) is 1. The van der Waals surface area contributed by atoms with Gasteiger partial charge in [0, 0.05) is 18.9 Å². The maximum atomic E-state index is 12.6. The molecule has 0 fully saturated rings. The van der Waals surface area contributed by atoms with Crippen LogP contribution in [0.4, 0.5) is 30.8 Å². The molecule has 1 amide bonds. The number of carbonyl (C=O) groups excluding carboxylic acids is 2. The highest BCUT2D eigenvalue weighted by molar-refractivity contribution is 5.97. The number of nitrogens with one attached hydrogen (secondary N) is 2. The van der Waals surface area contributed by atoms with Crippen LogP contribution < -0.4 is 10.9 Å². The Hall–Kier alpha value is -2.77. The summed E-state index contributed by atoms with van der Waals surface area (Å²) < 4.78 is 91.4. The molecule has 0 spiro atoms. The van der Waals surface area contributed by atoms with Crippen molar-refractivity contribution in [3.63, 3.8) is 0 Å². The quantitative estimate of drug-likeness (QED) is 0.184. The zero-order chi connectivity index (χ0) is 23.7. The van der Waals surface area contributed by atoms with Gasteiger partial charge in [-0.1, -0.05) is 0 Å². The van der Waals surface area contributed by atoms with E-state index < -0.39 is 42.8 Å². The van der Waals surface area contributed by atoms with Gasteiger partial charge in [-0.05, 0) is 31.9 Å². The Bertz CT molecular complexity index is 740. The molecular formula is C17H19F7N4O3. The Morgan fingerprint density at radius 2 is 1.84 bits per heavy atom. The standard InChI is InChI=1S/C17H19F7N4O3/c1-10(28-24)26-7-3-5-12(27-14(30)11-4-2-6-25-8-11)13(29)9-31-15(16(18,19)20)17(21,22)23/h2,4,6,8,12,15H,3,5,7,9H2,1H3,(H,26,28)(H,27,30). The molecule has 0 saturated heterocycles. The van der Waals surface area contributed by atoms with E-state index >= 15 is 0 Å². The Labute approximate surface area is 172 Å². The lowest BCUT2D eigenvalue weighted by molar-refractivity contribution is -0.319. The van der Waals surface area contributed by atoms with E-state index in [1.807, 2.05) is 0 Å². The molecule has 1 unspecified atom stereocenters. The number of ketones is 1. The van der Waals surface area contributed by atoms with Crippen LogP contribution in [0.15, 0.2) is 29.5 Å². The molecule has 0 aliphatic carbocycles. The van der Waals surface area contributed by atoms with Gasteiger partial charge in [0.25, 0.3) is 5.91 Å². The number of amides is 1. The molecule has 2 N–H and O–H groups in total. The zero-order valence-corrected chi connectivity index (χ0v) is 16.1. The fourth-order valence-corrected chi connectivity index (χ4v) is 2.26. The lowest BCUT2D eigenvalue weighted by Gasteiger charge is -2.24. The minimum absolute atomic E-state index is 0.0140. The molecule has 1 heterocycles. The molecule has 1 atom stereocenters. The van der Waals surface area contributed by atoms with E-state index in [2.05, 4.69) is 20.0 Å². The van der Waals surface area contributed by atoms with Gasteiger partial charge in [0.15, 0.2) is 5.78 Å². The first kappa shape index (κ1) is 26.3. The SMILES string of the molecule is CC(=NCCCC(NC(=O)c1cccnc1)C(=O)COC(C(F)(F)F)C(F)(F)F)NF. The second-order valence-electron chi connectivity index (χ2n) is 6.21. The third-order valence-corrected chi connectivity index (χ3v) is 3.74. The number of alkyl halides is 6. The number of hydrogen-bond acceptors (Lipinski definition) is 5. The van der Waals surface area contributed by atoms with Crippen LogP contribution in [-0.4, -0.2) is 60.2 Å². The van der Waals surface area contributed by atoms with Gasteiger partial charge in [0.05, 0.1) is 11.6 Å². The first-order valence-corrected chi connectivity index (χ1v) is 8.72. The maximum Gasteiger partial charge on any atom is 0.423 e. The van der Waals surface area contributed by atoms with Crippen molar-refractivity contribution in [2.45, 2.75) is 44.3 Å². The van der Waals surface area contributed by atoms with Crippen molar-refractivity contribution in [3.05, 3.63) is 30.1 Å². The molecule has 174 valence electrons. The Kier molecular flexibility index (Phi) is 9.81. The summed E-state index contributed by atoms with van der Waals surface area (Å²) in [6.45, 7) is -0.269. The van der Waals surface area contributed by atoms with Crippen LogP contribution in [0.1, 0.15) is 30.1 Å². The van der Waals surface area contributed by atoms with Gasteiger partial charge in [-0.25, -0.2) is 5.54 Å². The van der Waals surface area contributed by atoms with Crippen LogP contribution in [0.5, 0.6) is 0 Å². The molecule has 0 aliphatic rings. The number of hydrogen-bond donors (Lipinski definition) is 2. The summed E-state index contributed by atoms with van der Waals surface area (Å²) in [5, 5.41) is 2.23. The molecule has 7 nitrogen and oxygen atoms in total. The number of pyridine rings is 1. The molecule has 1 aromatic rings. The van der Waals surface area contributed by atoms with E-state index in [1.165, 1.54) is 30.8 Å². The predicted octanol–water partition coefficient (Wildman–Crippen LogP) is 2.93. The number of nitrogens with zero attached hydrogens (tertiary/aromatic N) is 2. The average Bonchev–Trinajstić information content (AvgIpc) is 2.68. The largest absolute Gasteiger partial charge is 0.423 e. The molecule has 0 saturated carbocycles. The highest BCUT2D eigenvalue weighted by atomic mass is 19.4. The van der Waals surface area contributed by atoms with Crippen LogP contribution in [0.2, 0.25) is 0 Å². The Balaban J connectivity index is 2.87. The van der Waals surface area contributed by atoms with Crippen LogP contribution >= 0.6 is 0 Å². The number of Topliss-reactive ketones (excluding diaryl/α,β-unsaturated/α-hetero) is 1. The van der Waals surface area contributed by atoms with E-state index in [9.17, 15) is 40.4 Å². The maximum absolute atomic E-state index is 12.6. The van der Waals surface area contributed by atoms with Gasteiger partial charge in [-0.15, -0.1) is 4.48 Å². The van der Waals surface area contributed by atoms with Crippen molar-refractivity contribution < 1.29 is 45.1 Å². The van der Waals surface area contributed by atoms with Crippen LogP contribution in [0.3, 0.4) is 0 Å². The Morgan fingerprint density at radius 3 is 2.35 bits per heavy atom. The summed E-state index contributed by atoms with van der Waals surface area (Å²) in [7, 11) is 0. The highest BCUT2D eigenvalue weighted by Crippen LogP contribution is 2.35. The molecule has 1 rings (SSSR count). The first-order chi connectivity index (χ1) is 14.4. The summed E-state index contributed by atoms with van der Waals surface area (Å²) in [5.74, 6) is -2.11. The number of halogens is 7. The molecule has 1 aromatic heterocycles. The molecule has 31 heavy (non-hydrogen) atoms. The van der Waals surface area contributed by atoms with E-state index in [4.69, 9.17) is 0 Å². The van der Waals surface area contributed by atoms with Gasteiger partial charge in [0.1, 0.15) is 12.4 Å². The van der Waals surface area contributed by atoms with Gasteiger partial charge in [-0.2, -0.15) is 26.3 Å². The normalized spacial score (nSPS) is 13.8. The van der Waals surface area contributed by atoms with Crippen molar-refractivity contribution in [1.82, 2.24) is 15.8 Å². The summed E-state index contributed by atoms with van der Waals surface area (Å²) in [6, 6.07) is 1.28. The number of aromatic nitrogens is 1. The van der Waals surface area contributed by atoms with Crippen LogP contribution in [0, 0.1) is 0 Å². The minimum atomic E-state index is -5.78. The topological polar surface area (TPSA) is 92.7 Å². The van der Waals surface area contributed by atoms with Gasteiger partial charge < -0.3 is 10.1 Å². The summed E-state index contributed by atoms with van der Waals surface area (Å²) in [5.41, 5.74) is 1.28. The fraction of sp³-hybridized carbons (Fsp3) is 0.529. The van der Waals surface area contributed by atoms with E-state index in [0.717, 1.165) is 6.20 Å². The number of rotatable bonds is 10. The van der Waals surface area contributed by atoms with Gasteiger partial charge in [-0.3, -0.25) is 19.6 Å². The first-order valence-electron chi connectivity index (χ1n) is 8.72. The molecule has 0 aliphatic heterocycles. The predicted molar refractivity (Wildman–Crippen MR) is 93.8 cm³/mol. The van der Waals surface area contributed by atoms with Crippen molar-refractivity contribution in [1.29, 1.82) is 0 Å². The monoisotopic (exact) mass is 460 g/mol. The molecule has 0 aromatic carbocycles. The van der Waals surface area contributed by atoms with Gasteiger partial charge >= 0.3 is 12.4 Å². The second kappa shape index (κ2) is 11.6. The van der Waals surface area contributed by atoms with E-state index in [-0.39, 0.29) is 30.8 Å². The van der Waals surface area contributed by atoms with Crippen molar-refractivity contribution >= 4 is 17.5 Å². The smallest absolute Gasteiger partial charge is 0.353 e. The molecule has 0 bridgehead atoms. The van der Waals surface area contributed by atoms with Gasteiger partial charge in [0.2, 0.25) is 6.10 Å². The zero-order valence-electron chi connectivity index (χ0n) is 16.1. The highest BCUT2D eigenvalue weighted by Gasteiger charge is 2.58. The molecule has 0 radical (unpaired) electrons. The second-order valence-corrected chi connectivity index (χ2v) is 6.21. The number of amidine groups is 1. The lowest BCUT2D eigenvalue weighted by atomic mass is 10.1. The van der Waals surface area contributed by atoms with E-state index in [1.54, 1.807) is 0 Å². The minimum Gasteiger partial charge on any atom is -0.353 e. The third-order valence-electron chi connectivity index (χ3n) is 3.74. The molecule has 14 heteroatoms. The fourth-order valence-electron chi connectivity index (χ4n) is 2.26. The van der Waals surface area contributed by atoms with Crippen molar-refractivity contribution in [3.8, 4) is 0 Å². The Morgan fingerprint density at radius 1 is 1.19 bits per heavy atom. The summed E-state index contributed by atoms with van der Waals surface area (Å²) in [6.07, 6.45) is -13.3. The van der Waals surface area contributed by atoms with Crippen molar-refractivity contribution in [2.75, 3.05) is 13.2 Å². The van der Waals surface area contributed by atoms with E-state index in [0.29, 0.717) is 0 Å². The van der Waals surface area contributed by atoms with Crippen LogP contribution in [-0.2, 0) is 9.53 Å². The average molecular weight is 460 g/mol. The number of carbonyl (C=O) groups is 2. The summed E-state index contributed by atoms with van der Waals surface area (Å²) >= 11 is 0. The summed E-state index contributed by atoms with van der Waals surface area (Å²) in [4.78, 5) is 31.9. The lowest BCUT2D eigenvalue weighted by Crippen LogP contribution is -2.48. The third kappa shape index (κ3) is 9.27. The molecular weight excluding hydrogens is 441 g/mol.